The maximum absolute atomic E-state index is 11.4. The first-order valence-corrected chi connectivity index (χ1v) is 6.20. The molecule has 0 aromatic carbocycles. The van der Waals surface area contributed by atoms with E-state index in [0.29, 0.717) is 19.6 Å². The van der Waals surface area contributed by atoms with Crippen LogP contribution in [-0.2, 0) is 11.3 Å². The van der Waals surface area contributed by atoms with Gasteiger partial charge in [-0.15, -0.1) is 0 Å². The van der Waals surface area contributed by atoms with Gasteiger partial charge in [0.25, 0.3) is 0 Å². The third-order valence-electron chi connectivity index (χ3n) is 2.52. The van der Waals surface area contributed by atoms with Crippen molar-refractivity contribution in [2.75, 3.05) is 13.1 Å². The van der Waals surface area contributed by atoms with E-state index in [1.807, 2.05) is 13.1 Å². The molecule has 0 aliphatic carbocycles. The van der Waals surface area contributed by atoms with Crippen molar-refractivity contribution in [3.05, 3.63) is 18.0 Å². The van der Waals surface area contributed by atoms with Crippen LogP contribution >= 0.6 is 0 Å². The zero-order chi connectivity index (χ0) is 14.3. The molecule has 3 N–H and O–H groups in total. The normalized spacial score (nSPS) is 11.9. The average molecular weight is 268 g/mol. The second-order valence-corrected chi connectivity index (χ2v) is 4.62. The SMILES string of the molecule is Cc1cnn(CCNC(=O)NCC(C)CC(=O)O)c1. The van der Waals surface area contributed by atoms with Crippen molar-refractivity contribution in [3.8, 4) is 0 Å². The average Bonchev–Trinajstić information content (AvgIpc) is 2.71. The monoisotopic (exact) mass is 268 g/mol. The molecule has 1 aromatic rings. The van der Waals surface area contributed by atoms with Crippen molar-refractivity contribution in [1.82, 2.24) is 20.4 Å². The molecule has 0 bridgehead atoms. The number of urea groups is 1. The lowest BCUT2D eigenvalue weighted by Gasteiger charge is -2.11. The van der Waals surface area contributed by atoms with Crippen molar-refractivity contribution >= 4 is 12.0 Å². The van der Waals surface area contributed by atoms with Crippen LogP contribution in [0.25, 0.3) is 0 Å². The van der Waals surface area contributed by atoms with Crippen molar-refractivity contribution in [2.45, 2.75) is 26.8 Å². The van der Waals surface area contributed by atoms with E-state index >= 15 is 0 Å². The summed E-state index contributed by atoms with van der Waals surface area (Å²) in [7, 11) is 0. The highest BCUT2D eigenvalue weighted by molar-refractivity contribution is 5.73. The van der Waals surface area contributed by atoms with Gasteiger partial charge < -0.3 is 15.7 Å². The van der Waals surface area contributed by atoms with Crippen LogP contribution in [0.2, 0.25) is 0 Å². The summed E-state index contributed by atoms with van der Waals surface area (Å²) in [6.07, 6.45) is 3.70. The van der Waals surface area contributed by atoms with Crippen LogP contribution in [0.4, 0.5) is 4.79 Å². The topological polar surface area (TPSA) is 96.3 Å². The Morgan fingerprint density at radius 1 is 1.47 bits per heavy atom. The van der Waals surface area contributed by atoms with Crippen LogP contribution in [0.1, 0.15) is 18.9 Å². The van der Waals surface area contributed by atoms with Gasteiger partial charge in [-0.1, -0.05) is 6.92 Å². The molecular formula is C12H20N4O3. The van der Waals surface area contributed by atoms with Gasteiger partial charge in [0.05, 0.1) is 12.7 Å². The predicted octanol–water partition coefficient (Wildman–Crippen LogP) is 0.602. The molecule has 0 saturated heterocycles. The number of carbonyl (C=O) groups is 2. The number of nitrogens with zero attached hydrogens (tertiary/aromatic N) is 2. The van der Waals surface area contributed by atoms with E-state index in [0.717, 1.165) is 5.56 Å². The fourth-order valence-corrected chi connectivity index (χ4v) is 1.57. The Balaban J connectivity index is 2.12. The van der Waals surface area contributed by atoms with Crippen molar-refractivity contribution in [3.63, 3.8) is 0 Å². The number of hydrogen-bond donors (Lipinski definition) is 3. The van der Waals surface area contributed by atoms with Gasteiger partial charge >= 0.3 is 12.0 Å². The molecule has 1 rings (SSSR count). The summed E-state index contributed by atoms with van der Waals surface area (Å²) < 4.78 is 1.75. The molecule has 0 radical (unpaired) electrons. The van der Waals surface area contributed by atoms with Gasteiger partial charge in [-0.2, -0.15) is 5.10 Å². The molecule has 1 atom stereocenters. The van der Waals surface area contributed by atoms with Crippen molar-refractivity contribution < 1.29 is 14.7 Å². The lowest BCUT2D eigenvalue weighted by Crippen LogP contribution is -2.39. The van der Waals surface area contributed by atoms with Crippen LogP contribution in [0, 0.1) is 12.8 Å². The molecule has 0 saturated carbocycles. The number of aryl methyl sites for hydroxylation is 1. The molecule has 7 nitrogen and oxygen atoms in total. The molecule has 1 unspecified atom stereocenters. The molecule has 7 heteroatoms. The molecule has 0 fully saturated rings. The van der Waals surface area contributed by atoms with Gasteiger partial charge in [-0.05, 0) is 18.4 Å². The van der Waals surface area contributed by atoms with Crippen LogP contribution in [0.5, 0.6) is 0 Å². The minimum absolute atomic E-state index is 0.0485. The summed E-state index contributed by atoms with van der Waals surface area (Å²) in [5.41, 5.74) is 1.08. The minimum atomic E-state index is -0.858. The Bertz CT molecular complexity index is 430. The number of aromatic nitrogens is 2. The zero-order valence-electron chi connectivity index (χ0n) is 11.2. The number of aliphatic carboxylic acids is 1. The maximum atomic E-state index is 11.4. The first-order valence-electron chi connectivity index (χ1n) is 6.20. The smallest absolute Gasteiger partial charge is 0.314 e. The fraction of sp³-hybridized carbons (Fsp3) is 0.583. The van der Waals surface area contributed by atoms with Gasteiger partial charge in [-0.25, -0.2) is 4.79 Å². The minimum Gasteiger partial charge on any atom is -0.481 e. The second kappa shape index (κ2) is 7.40. The van der Waals surface area contributed by atoms with Gasteiger partial charge in [0, 0.05) is 25.7 Å². The largest absolute Gasteiger partial charge is 0.481 e. The van der Waals surface area contributed by atoms with Crippen LogP contribution in [0.15, 0.2) is 12.4 Å². The molecule has 19 heavy (non-hydrogen) atoms. The van der Waals surface area contributed by atoms with Gasteiger partial charge in [-0.3, -0.25) is 9.48 Å². The van der Waals surface area contributed by atoms with Crippen molar-refractivity contribution in [2.24, 2.45) is 5.92 Å². The van der Waals surface area contributed by atoms with Crippen LogP contribution < -0.4 is 10.6 Å². The van der Waals surface area contributed by atoms with Crippen LogP contribution in [-0.4, -0.2) is 40.0 Å². The fourth-order valence-electron chi connectivity index (χ4n) is 1.57. The molecular weight excluding hydrogens is 248 g/mol. The Morgan fingerprint density at radius 3 is 2.79 bits per heavy atom. The molecule has 0 aliphatic rings. The lowest BCUT2D eigenvalue weighted by molar-refractivity contribution is -0.137. The number of carboxylic acids is 1. The van der Waals surface area contributed by atoms with E-state index in [4.69, 9.17) is 5.11 Å². The van der Waals surface area contributed by atoms with Gasteiger partial charge in [0.1, 0.15) is 0 Å². The van der Waals surface area contributed by atoms with E-state index in [9.17, 15) is 9.59 Å². The molecule has 1 aromatic heterocycles. The van der Waals surface area contributed by atoms with Crippen LogP contribution in [0.3, 0.4) is 0 Å². The Hall–Kier alpha value is -2.05. The van der Waals surface area contributed by atoms with Gasteiger partial charge in [0.2, 0.25) is 0 Å². The maximum Gasteiger partial charge on any atom is 0.314 e. The number of hydrogen-bond acceptors (Lipinski definition) is 3. The molecule has 1 heterocycles. The third-order valence-corrected chi connectivity index (χ3v) is 2.52. The summed E-state index contributed by atoms with van der Waals surface area (Å²) in [6.45, 7) is 5.15. The molecule has 0 spiro atoms. The highest BCUT2D eigenvalue weighted by Crippen LogP contribution is 1.98. The summed E-state index contributed by atoms with van der Waals surface area (Å²) in [5, 5.41) is 18.0. The van der Waals surface area contributed by atoms with E-state index in [1.165, 1.54) is 0 Å². The summed E-state index contributed by atoms with van der Waals surface area (Å²) in [6, 6.07) is -0.291. The highest BCUT2D eigenvalue weighted by atomic mass is 16.4. The summed E-state index contributed by atoms with van der Waals surface area (Å²) in [4.78, 5) is 21.9. The predicted molar refractivity (Wildman–Crippen MR) is 69.8 cm³/mol. The van der Waals surface area contributed by atoms with E-state index in [2.05, 4.69) is 15.7 Å². The summed E-state index contributed by atoms with van der Waals surface area (Å²) >= 11 is 0. The Morgan fingerprint density at radius 2 is 2.21 bits per heavy atom. The van der Waals surface area contributed by atoms with E-state index in [-0.39, 0.29) is 18.4 Å². The first-order chi connectivity index (χ1) is 8.97. The zero-order valence-corrected chi connectivity index (χ0v) is 11.2. The van der Waals surface area contributed by atoms with Crippen molar-refractivity contribution in [1.29, 1.82) is 0 Å². The quantitative estimate of drug-likeness (QED) is 0.674. The van der Waals surface area contributed by atoms with E-state index < -0.39 is 5.97 Å². The standard InChI is InChI=1S/C12H20N4O3/c1-9(5-11(17)18)6-14-12(19)13-3-4-16-8-10(2)7-15-16/h7-9H,3-6H2,1-2H3,(H,17,18)(H2,13,14,19). The number of rotatable bonds is 7. The summed E-state index contributed by atoms with van der Waals surface area (Å²) in [5.74, 6) is -0.944. The Labute approximate surface area is 112 Å². The second-order valence-electron chi connectivity index (χ2n) is 4.62. The number of carbonyl (C=O) groups excluding carboxylic acids is 1. The van der Waals surface area contributed by atoms with E-state index in [1.54, 1.807) is 17.8 Å². The number of amides is 2. The molecule has 2 amide bonds. The Kier molecular flexibility index (Phi) is 5.84. The molecule has 106 valence electrons. The number of nitrogens with one attached hydrogen (secondary N) is 2. The third kappa shape index (κ3) is 6.44. The highest BCUT2D eigenvalue weighted by Gasteiger charge is 2.08. The first kappa shape index (κ1) is 15.0. The lowest BCUT2D eigenvalue weighted by atomic mass is 10.1. The van der Waals surface area contributed by atoms with Gasteiger partial charge in [0.15, 0.2) is 0 Å². The molecule has 0 aliphatic heterocycles. The number of carboxylic acid groups (broad SMARTS) is 1.